The molecule has 2 aliphatic rings. The van der Waals surface area contributed by atoms with Gasteiger partial charge in [-0.1, -0.05) is 12.1 Å². The van der Waals surface area contributed by atoms with Gasteiger partial charge < -0.3 is 24.3 Å². The third-order valence-electron chi connectivity index (χ3n) is 7.53. The molecule has 1 fully saturated rings. The molecule has 1 amide bonds. The number of hydrogen-bond acceptors (Lipinski definition) is 5. The van der Waals surface area contributed by atoms with E-state index >= 15 is 0 Å². The smallest absolute Gasteiger partial charge is 0.247 e. The Hall–Kier alpha value is -3.29. The first-order valence-electron chi connectivity index (χ1n) is 13.8. The molecule has 1 aliphatic heterocycles. The lowest BCUT2D eigenvalue weighted by atomic mass is 9.87. The van der Waals surface area contributed by atoms with E-state index < -0.39 is 0 Å². The number of hydrogen-bond donors (Lipinski definition) is 1. The third-order valence-corrected chi connectivity index (χ3v) is 7.80. The van der Waals surface area contributed by atoms with Crippen molar-refractivity contribution >= 4 is 29.3 Å². The number of carbonyl (C=O) groups excluding carboxylic acids is 1. The van der Waals surface area contributed by atoms with Crippen LogP contribution < -0.4 is 15.0 Å². The molecule has 206 valence electrons. The van der Waals surface area contributed by atoms with E-state index in [-0.39, 0.29) is 11.9 Å². The van der Waals surface area contributed by atoms with Crippen LogP contribution in [0.25, 0.3) is 11.8 Å². The Morgan fingerprint density at radius 1 is 1.23 bits per heavy atom. The van der Waals surface area contributed by atoms with Gasteiger partial charge in [0.2, 0.25) is 5.91 Å². The number of amides is 1. The lowest BCUT2D eigenvalue weighted by Gasteiger charge is -2.32. The summed E-state index contributed by atoms with van der Waals surface area (Å²) in [5, 5.41) is 3.37. The van der Waals surface area contributed by atoms with E-state index in [0.29, 0.717) is 12.3 Å². The first-order chi connectivity index (χ1) is 19.1. The number of imidazole rings is 1. The third kappa shape index (κ3) is 6.48. The normalized spacial score (nSPS) is 17.6. The van der Waals surface area contributed by atoms with E-state index in [1.807, 2.05) is 42.0 Å². The maximum Gasteiger partial charge on any atom is 0.247 e. The van der Waals surface area contributed by atoms with Crippen LogP contribution in [0, 0.1) is 6.92 Å². The second kappa shape index (κ2) is 12.7. The number of ether oxygens (including phenoxy) is 2. The molecule has 2 heterocycles. The predicted octanol–water partition coefficient (Wildman–Crippen LogP) is 5.62. The van der Waals surface area contributed by atoms with E-state index in [2.05, 4.69) is 33.4 Å². The monoisotopic (exact) mass is 548 g/mol. The maximum atomic E-state index is 13.7. The van der Waals surface area contributed by atoms with Crippen molar-refractivity contribution in [3.63, 3.8) is 0 Å². The topological polar surface area (TPSA) is 68.6 Å². The minimum atomic E-state index is -0.0389. The summed E-state index contributed by atoms with van der Waals surface area (Å²) in [4.78, 5) is 20.4. The van der Waals surface area contributed by atoms with E-state index in [1.165, 1.54) is 16.8 Å². The number of alkyl halides is 1. The Balaban J connectivity index is 1.38. The first kappa shape index (κ1) is 27.3. The molecule has 1 N–H and O–H groups in total. The molecule has 0 spiro atoms. The van der Waals surface area contributed by atoms with Gasteiger partial charge >= 0.3 is 0 Å². The molecule has 39 heavy (non-hydrogen) atoms. The molecule has 5 rings (SSSR count). The molecular weight excluding hydrogens is 512 g/mol. The Labute approximate surface area is 235 Å². The summed E-state index contributed by atoms with van der Waals surface area (Å²) in [5.41, 5.74) is 7.23. The van der Waals surface area contributed by atoms with Crippen LogP contribution in [-0.2, 0) is 16.0 Å². The number of methoxy groups -OCH3 is 1. The van der Waals surface area contributed by atoms with Crippen molar-refractivity contribution in [3.05, 3.63) is 76.9 Å². The molecule has 7 nitrogen and oxygen atoms in total. The minimum Gasteiger partial charge on any atom is -0.495 e. The standard InChI is InChI=1S/C31H37ClN4O3/c1-22-20-36(21-33-22)29-11-8-23(18-30(29)38-2)17-25(6-4-12-32)31(37)34-28-7-3-5-24-9-10-26(19-27(24)28)35-13-15-39-16-14-35/h8-11,17-21,28H,3-7,12-16H2,1-2H3,(H,34,37)/b25-17+. The van der Waals surface area contributed by atoms with Crippen molar-refractivity contribution in [2.24, 2.45) is 0 Å². The summed E-state index contributed by atoms with van der Waals surface area (Å²) in [6.07, 6.45) is 10.1. The molecule has 8 heteroatoms. The van der Waals surface area contributed by atoms with E-state index in [4.69, 9.17) is 21.1 Å². The number of nitrogens with zero attached hydrogens (tertiary/aromatic N) is 3. The summed E-state index contributed by atoms with van der Waals surface area (Å²) in [5.74, 6) is 1.18. The van der Waals surface area contributed by atoms with Gasteiger partial charge in [-0.3, -0.25) is 4.79 Å². The molecular formula is C31H37ClN4O3. The molecule has 1 atom stereocenters. The van der Waals surface area contributed by atoms with Gasteiger partial charge in [0.25, 0.3) is 0 Å². The molecule has 3 aromatic rings. The number of benzene rings is 2. The number of nitrogens with one attached hydrogen (secondary N) is 1. The SMILES string of the molecule is COc1cc(/C=C(\CCCCl)C(=O)NC2CCCc3ccc(N4CCOCC4)cc32)ccc1-n1cnc(C)c1. The van der Waals surface area contributed by atoms with Gasteiger partial charge in [-0.2, -0.15) is 0 Å². The molecule has 1 aliphatic carbocycles. The van der Waals surface area contributed by atoms with Crippen LogP contribution in [0.3, 0.4) is 0 Å². The summed E-state index contributed by atoms with van der Waals surface area (Å²) < 4.78 is 13.2. The Bertz CT molecular complexity index is 1330. The van der Waals surface area contributed by atoms with Crippen LogP contribution in [0.2, 0.25) is 0 Å². The number of morpholine rings is 1. The highest BCUT2D eigenvalue weighted by molar-refractivity contribution is 6.17. The Morgan fingerprint density at radius 3 is 2.82 bits per heavy atom. The zero-order valence-electron chi connectivity index (χ0n) is 22.8. The van der Waals surface area contributed by atoms with Crippen LogP contribution in [0.5, 0.6) is 5.75 Å². The van der Waals surface area contributed by atoms with Crippen LogP contribution >= 0.6 is 11.6 Å². The highest BCUT2D eigenvalue weighted by atomic mass is 35.5. The fourth-order valence-electron chi connectivity index (χ4n) is 5.47. The predicted molar refractivity (Wildman–Crippen MR) is 156 cm³/mol. The van der Waals surface area contributed by atoms with Crippen LogP contribution in [-0.4, -0.2) is 54.8 Å². The summed E-state index contributed by atoms with van der Waals surface area (Å²) >= 11 is 6.04. The van der Waals surface area contributed by atoms with Crippen LogP contribution in [0.4, 0.5) is 5.69 Å². The second-order valence-electron chi connectivity index (χ2n) is 10.2. The molecule has 2 aromatic carbocycles. The molecule has 1 saturated heterocycles. The average Bonchev–Trinajstić information content (AvgIpc) is 3.41. The minimum absolute atomic E-state index is 0.0111. The van der Waals surface area contributed by atoms with Gasteiger partial charge in [-0.15, -0.1) is 11.6 Å². The quantitative estimate of drug-likeness (QED) is 0.277. The molecule has 1 aromatic heterocycles. The zero-order valence-corrected chi connectivity index (χ0v) is 23.5. The van der Waals surface area contributed by atoms with Crippen molar-refractivity contribution in [2.75, 3.05) is 44.2 Å². The van der Waals surface area contributed by atoms with Crippen molar-refractivity contribution in [2.45, 2.75) is 45.1 Å². The lowest BCUT2D eigenvalue weighted by molar-refractivity contribution is -0.118. The number of anilines is 1. The largest absolute Gasteiger partial charge is 0.495 e. The van der Waals surface area contributed by atoms with Crippen LogP contribution in [0.15, 0.2) is 54.5 Å². The fourth-order valence-corrected chi connectivity index (χ4v) is 5.60. The van der Waals surface area contributed by atoms with Gasteiger partial charge in [0.1, 0.15) is 5.75 Å². The number of carbonyl (C=O) groups is 1. The van der Waals surface area contributed by atoms with Gasteiger partial charge in [0.05, 0.1) is 44.1 Å². The highest BCUT2D eigenvalue weighted by Gasteiger charge is 2.25. The Morgan fingerprint density at radius 2 is 2.08 bits per heavy atom. The second-order valence-corrected chi connectivity index (χ2v) is 10.6. The van der Waals surface area contributed by atoms with Crippen molar-refractivity contribution in [3.8, 4) is 11.4 Å². The van der Waals surface area contributed by atoms with E-state index in [1.54, 1.807) is 13.4 Å². The molecule has 0 radical (unpaired) electrons. The van der Waals surface area contributed by atoms with E-state index in [9.17, 15) is 4.79 Å². The fraction of sp³-hybridized carbons (Fsp3) is 0.419. The highest BCUT2D eigenvalue weighted by Crippen LogP contribution is 2.34. The van der Waals surface area contributed by atoms with Crippen LogP contribution in [0.1, 0.15) is 54.1 Å². The van der Waals surface area contributed by atoms with Gasteiger partial charge in [0, 0.05) is 36.4 Å². The number of fused-ring (bicyclic) bond motifs is 1. The number of halogens is 1. The molecule has 0 saturated carbocycles. The summed E-state index contributed by atoms with van der Waals surface area (Å²) in [6, 6.07) is 12.7. The van der Waals surface area contributed by atoms with Crippen molar-refractivity contribution in [1.82, 2.24) is 14.9 Å². The van der Waals surface area contributed by atoms with Crippen molar-refractivity contribution in [1.29, 1.82) is 0 Å². The summed E-state index contributed by atoms with van der Waals surface area (Å²) in [7, 11) is 1.66. The van der Waals surface area contributed by atoms with Crippen molar-refractivity contribution < 1.29 is 14.3 Å². The van der Waals surface area contributed by atoms with Gasteiger partial charge in [-0.25, -0.2) is 4.98 Å². The van der Waals surface area contributed by atoms with Gasteiger partial charge in [0.15, 0.2) is 0 Å². The Kier molecular flexibility index (Phi) is 8.89. The van der Waals surface area contributed by atoms with E-state index in [0.717, 1.165) is 80.3 Å². The number of aromatic nitrogens is 2. The number of aryl methyl sites for hydroxylation is 2. The number of rotatable bonds is 9. The molecule has 1 unspecified atom stereocenters. The first-order valence-corrected chi connectivity index (χ1v) is 14.3. The van der Waals surface area contributed by atoms with Gasteiger partial charge in [-0.05, 0) is 86.1 Å². The maximum absolute atomic E-state index is 13.7. The average molecular weight is 549 g/mol. The zero-order chi connectivity index (χ0) is 27.2. The molecule has 0 bridgehead atoms. The lowest BCUT2D eigenvalue weighted by Crippen LogP contribution is -2.36. The summed E-state index contributed by atoms with van der Waals surface area (Å²) in [6.45, 7) is 5.24.